The molecule has 0 aromatic heterocycles. The van der Waals surface area contributed by atoms with Crippen LogP contribution in [0, 0.1) is 41.5 Å². The molecule has 0 heterocycles. The Labute approximate surface area is 311 Å². The molecule has 0 radical (unpaired) electrons. The van der Waals surface area contributed by atoms with Gasteiger partial charge in [-0.3, -0.25) is 0 Å². The van der Waals surface area contributed by atoms with E-state index in [1.165, 1.54) is 65.2 Å². The molecule has 0 unspecified atom stereocenters. The van der Waals surface area contributed by atoms with Gasteiger partial charge in [-0.25, -0.2) is 0 Å². The third-order valence-electron chi connectivity index (χ3n) is 10.5. The van der Waals surface area contributed by atoms with E-state index in [1.54, 1.807) is 0 Å². The van der Waals surface area contributed by atoms with Gasteiger partial charge in [0.15, 0.2) is 0 Å². The van der Waals surface area contributed by atoms with Crippen molar-refractivity contribution in [1.82, 2.24) is 0 Å². The summed E-state index contributed by atoms with van der Waals surface area (Å²) in [6.45, 7) is 13.0. The first-order valence-corrected chi connectivity index (χ1v) is 22.3. The van der Waals surface area contributed by atoms with Crippen molar-refractivity contribution in [3.8, 4) is 0 Å². The van der Waals surface area contributed by atoms with Crippen LogP contribution < -0.4 is 42.0 Å². The third-order valence-corrected chi connectivity index (χ3v) is 19.0. The van der Waals surface area contributed by atoms with E-state index in [-0.39, 0.29) is 0 Å². The van der Waals surface area contributed by atoms with Crippen LogP contribution in [0.2, 0.25) is 0 Å². The number of hydrogen-bond acceptors (Lipinski definition) is 2. The molecule has 0 atom stereocenters. The first-order valence-electron chi connectivity index (χ1n) is 18.3. The molecular weight excluding hydrogens is 666 g/mol. The first kappa shape index (κ1) is 35.4. The van der Waals surface area contributed by atoms with Crippen molar-refractivity contribution >= 4 is 58.0 Å². The van der Waals surface area contributed by atoms with Crippen molar-refractivity contribution in [2.24, 2.45) is 0 Å². The molecule has 0 aliphatic carbocycles. The number of nitrogens with one attached hydrogen (secondary N) is 2. The molecule has 0 spiro atoms. The van der Waals surface area contributed by atoms with Gasteiger partial charge in [-0.15, -0.1) is 0 Å². The number of rotatable bonds is 10. The van der Waals surface area contributed by atoms with Gasteiger partial charge in [0.1, 0.15) is 0 Å². The number of aryl methyl sites for hydroxylation is 6. The van der Waals surface area contributed by atoms with Crippen molar-refractivity contribution in [2.45, 2.75) is 41.5 Å². The van der Waals surface area contributed by atoms with E-state index < -0.39 is 14.8 Å². The molecule has 7 rings (SSSR count). The zero-order valence-electron chi connectivity index (χ0n) is 31.2. The fraction of sp³-hybridized carbons (Fsp3) is 0.125. The van der Waals surface area contributed by atoms with E-state index in [2.05, 4.69) is 222 Å². The molecule has 2 nitrogen and oxygen atoms in total. The van der Waals surface area contributed by atoms with Gasteiger partial charge in [-0.1, -0.05) is 0 Å². The Morgan fingerprint density at radius 1 is 0.250 bits per heavy atom. The van der Waals surface area contributed by atoms with Gasteiger partial charge < -0.3 is 0 Å². The number of benzene rings is 7. The van der Waals surface area contributed by atoms with Crippen LogP contribution in [-0.2, 0) is 0 Å². The van der Waals surface area contributed by atoms with Crippen molar-refractivity contribution in [3.63, 3.8) is 0 Å². The van der Waals surface area contributed by atoms with Crippen LogP contribution in [-0.4, -0.2) is 0 Å². The van der Waals surface area contributed by atoms with Crippen LogP contribution in [0.15, 0.2) is 170 Å². The van der Waals surface area contributed by atoms with E-state index in [0.717, 1.165) is 11.4 Å². The molecule has 0 aliphatic rings. The quantitative estimate of drug-likeness (QED) is 0.138. The second kappa shape index (κ2) is 14.9. The summed E-state index contributed by atoms with van der Waals surface area (Å²) >= 11 is 0. The van der Waals surface area contributed by atoms with E-state index in [4.69, 9.17) is 0 Å². The third kappa shape index (κ3) is 6.95. The molecular formula is C48H50N2P2. The molecule has 7 aromatic rings. The Bertz CT molecular complexity index is 1870. The Morgan fingerprint density at radius 2 is 0.423 bits per heavy atom. The Hall–Kier alpha value is -5.00. The van der Waals surface area contributed by atoms with Crippen molar-refractivity contribution < 1.29 is 0 Å². The maximum atomic E-state index is 4.37. The van der Waals surface area contributed by atoms with Gasteiger partial charge >= 0.3 is 313 Å². The normalized spacial score (nSPS) is 12.3. The average molecular weight is 717 g/mol. The number of hydrogen-bond donors (Lipinski definition) is 2. The van der Waals surface area contributed by atoms with Crippen LogP contribution in [0.5, 0.6) is 0 Å². The van der Waals surface area contributed by atoms with E-state index in [9.17, 15) is 0 Å². The molecule has 7 aromatic carbocycles. The average Bonchev–Trinajstić information content (AvgIpc) is 3.16. The van der Waals surface area contributed by atoms with Crippen LogP contribution >= 0.6 is 14.8 Å². The van der Waals surface area contributed by atoms with Crippen molar-refractivity contribution in [3.05, 3.63) is 203 Å². The van der Waals surface area contributed by atoms with Gasteiger partial charge in [-0.05, 0) is 0 Å². The van der Waals surface area contributed by atoms with Gasteiger partial charge in [-0.2, -0.15) is 0 Å². The predicted octanol–water partition coefficient (Wildman–Crippen LogP) is 9.64. The predicted molar refractivity (Wildman–Crippen MR) is 235 cm³/mol. The van der Waals surface area contributed by atoms with Crippen LogP contribution in [0.3, 0.4) is 0 Å². The van der Waals surface area contributed by atoms with E-state index >= 15 is 0 Å². The van der Waals surface area contributed by atoms with Gasteiger partial charge in [0.05, 0.1) is 0 Å². The van der Waals surface area contributed by atoms with Crippen LogP contribution in [0.4, 0.5) is 11.4 Å². The second-order valence-electron chi connectivity index (χ2n) is 14.5. The standard InChI is InChI=1S/C48H50N2P2/c1-35-11-23-41(24-12-35)51(42-25-13-36(2)14-26-42,43-27-15-37(3)16-28-43)49-47-9-7-8-10-48(47)50-52(44-29-17-38(4)18-30-44,45-31-19-39(5)20-32-45)46-33-21-40(6)22-34-46/h7-34,49-52H,1-6H3. The Kier molecular flexibility index (Phi) is 10.2. The monoisotopic (exact) mass is 716 g/mol. The van der Waals surface area contributed by atoms with Crippen LogP contribution in [0.25, 0.3) is 0 Å². The minimum absolute atomic E-state index is 1.10. The van der Waals surface area contributed by atoms with Crippen molar-refractivity contribution in [1.29, 1.82) is 0 Å². The summed E-state index contributed by atoms with van der Waals surface area (Å²) in [6, 6.07) is 64.1. The molecule has 0 amide bonds. The molecule has 4 heteroatoms. The summed E-state index contributed by atoms with van der Waals surface area (Å²) in [4.78, 5) is 0. The van der Waals surface area contributed by atoms with E-state index in [0.29, 0.717) is 0 Å². The summed E-state index contributed by atoms with van der Waals surface area (Å²) < 4.78 is 0. The number of anilines is 2. The molecule has 262 valence electrons. The molecule has 0 bridgehead atoms. The first-order chi connectivity index (χ1) is 25.2. The molecule has 0 aliphatic heterocycles. The van der Waals surface area contributed by atoms with Crippen LogP contribution in [0.1, 0.15) is 33.4 Å². The molecule has 0 saturated heterocycles. The molecule has 0 fully saturated rings. The summed E-state index contributed by atoms with van der Waals surface area (Å²) in [6.07, 6.45) is 0. The SMILES string of the molecule is Cc1ccc([PH](Nc2ccccc2N[PH](c2ccc(C)cc2)(c2ccc(C)cc2)c2ccc(C)cc2)(c2ccc(C)cc2)c2ccc(C)cc2)cc1. The fourth-order valence-electron chi connectivity index (χ4n) is 7.36. The summed E-state index contributed by atoms with van der Waals surface area (Å²) in [5.74, 6) is 0. The summed E-state index contributed by atoms with van der Waals surface area (Å²) in [5.41, 5.74) is 9.73. The summed E-state index contributed by atoms with van der Waals surface area (Å²) in [5, 5.41) is 16.7. The Morgan fingerprint density at radius 3 is 0.596 bits per heavy atom. The van der Waals surface area contributed by atoms with Crippen molar-refractivity contribution in [2.75, 3.05) is 10.2 Å². The Balaban J connectivity index is 1.49. The second-order valence-corrected chi connectivity index (χ2v) is 21.5. The van der Waals surface area contributed by atoms with Gasteiger partial charge in [0, 0.05) is 0 Å². The van der Waals surface area contributed by atoms with E-state index in [1.807, 2.05) is 0 Å². The number of para-hydroxylation sites is 2. The topological polar surface area (TPSA) is 24.1 Å². The fourth-order valence-corrected chi connectivity index (χ4v) is 15.5. The zero-order chi connectivity index (χ0) is 36.3. The minimum atomic E-state index is -2.88. The molecule has 2 N–H and O–H groups in total. The van der Waals surface area contributed by atoms with Gasteiger partial charge in [0.2, 0.25) is 0 Å². The molecule has 52 heavy (non-hydrogen) atoms. The summed E-state index contributed by atoms with van der Waals surface area (Å²) in [7, 11) is -5.75. The zero-order valence-corrected chi connectivity index (χ0v) is 33.2. The molecule has 0 saturated carbocycles. The maximum absolute atomic E-state index is 4.37. The van der Waals surface area contributed by atoms with Gasteiger partial charge in [0.25, 0.3) is 0 Å².